The number of hydrogen-bond donors (Lipinski definition) is 0. The van der Waals surface area contributed by atoms with Gasteiger partial charge >= 0.3 is 12.1 Å². The lowest BCUT2D eigenvalue weighted by molar-refractivity contribution is -0.170. The van der Waals surface area contributed by atoms with Crippen molar-refractivity contribution in [1.29, 1.82) is 0 Å². The summed E-state index contributed by atoms with van der Waals surface area (Å²) >= 11 is 0. The Labute approximate surface area is 135 Å². The lowest BCUT2D eigenvalue weighted by atomic mass is 10.1. The van der Waals surface area contributed by atoms with Crippen molar-refractivity contribution >= 4 is 22.7 Å². The van der Waals surface area contributed by atoms with Crippen molar-refractivity contribution in [3.8, 4) is 11.5 Å². The molecular formula is C17H13F3N2O2. The van der Waals surface area contributed by atoms with Crippen molar-refractivity contribution in [2.75, 3.05) is 11.9 Å². The minimum absolute atomic E-state index is 0.0800. The van der Waals surface area contributed by atoms with Gasteiger partial charge in [0.05, 0.1) is 0 Å². The van der Waals surface area contributed by atoms with Crippen LogP contribution in [-0.4, -0.2) is 24.1 Å². The molecule has 0 fully saturated rings. The number of carbonyl (C=O) groups excluding carboxylic acids is 1. The summed E-state index contributed by atoms with van der Waals surface area (Å²) in [6.07, 6.45) is -4.93. The zero-order valence-corrected chi connectivity index (χ0v) is 12.9. The van der Waals surface area contributed by atoms with E-state index in [1.165, 1.54) is 18.2 Å². The first-order valence-corrected chi connectivity index (χ1v) is 7.08. The Balaban J connectivity index is 1.97. The molecule has 0 aliphatic carbocycles. The average molecular weight is 334 g/mol. The number of aromatic nitrogens is 1. The van der Waals surface area contributed by atoms with Crippen molar-refractivity contribution in [1.82, 2.24) is 4.98 Å². The number of nitrogens with zero attached hydrogens (tertiary/aromatic N) is 2. The van der Waals surface area contributed by atoms with Gasteiger partial charge in [0.2, 0.25) is 5.89 Å². The Morgan fingerprint density at radius 3 is 2.42 bits per heavy atom. The second kappa shape index (κ2) is 5.67. The van der Waals surface area contributed by atoms with Gasteiger partial charge in [-0.2, -0.15) is 13.2 Å². The quantitative estimate of drug-likeness (QED) is 0.701. The summed E-state index contributed by atoms with van der Waals surface area (Å²) in [6, 6.07) is 11.8. The fraction of sp³-hybridized carbons (Fsp3) is 0.176. The second-order valence-electron chi connectivity index (χ2n) is 5.40. The molecule has 2 aromatic carbocycles. The molecule has 0 aliphatic rings. The van der Waals surface area contributed by atoms with Crippen LogP contribution in [0, 0.1) is 6.92 Å². The van der Waals surface area contributed by atoms with Crippen molar-refractivity contribution in [3.05, 3.63) is 48.0 Å². The van der Waals surface area contributed by atoms with Crippen LogP contribution < -0.4 is 4.90 Å². The van der Waals surface area contributed by atoms with Crippen molar-refractivity contribution < 1.29 is 22.4 Å². The van der Waals surface area contributed by atoms with E-state index in [-0.39, 0.29) is 5.69 Å². The van der Waals surface area contributed by atoms with E-state index in [9.17, 15) is 18.0 Å². The minimum Gasteiger partial charge on any atom is -0.436 e. The SMILES string of the molecule is Cc1ccc(-c2nc3ccc(N(C)C(=O)C(F)(F)F)cc3o2)cc1. The predicted molar refractivity (Wildman–Crippen MR) is 83.6 cm³/mol. The molecule has 124 valence electrons. The highest BCUT2D eigenvalue weighted by molar-refractivity contribution is 5.98. The number of aryl methyl sites for hydroxylation is 1. The highest BCUT2D eigenvalue weighted by atomic mass is 19.4. The lowest BCUT2D eigenvalue weighted by Gasteiger charge is -2.18. The van der Waals surface area contributed by atoms with E-state index in [1.54, 1.807) is 0 Å². The Morgan fingerprint density at radius 2 is 1.79 bits per heavy atom. The molecular weight excluding hydrogens is 321 g/mol. The van der Waals surface area contributed by atoms with Crippen LogP contribution in [0.15, 0.2) is 46.9 Å². The van der Waals surface area contributed by atoms with Crippen molar-refractivity contribution in [2.45, 2.75) is 13.1 Å². The number of rotatable bonds is 2. The topological polar surface area (TPSA) is 46.3 Å². The second-order valence-corrected chi connectivity index (χ2v) is 5.40. The number of carbonyl (C=O) groups is 1. The summed E-state index contributed by atoms with van der Waals surface area (Å²) in [4.78, 5) is 16.2. The molecule has 0 atom stereocenters. The van der Waals surface area contributed by atoms with Gasteiger partial charge in [-0.1, -0.05) is 17.7 Å². The minimum atomic E-state index is -4.93. The first-order chi connectivity index (χ1) is 11.3. The molecule has 1 amide bonds. The number of benzene rings is 2. The third-order valence-corrected chi connectivity index (χ3v) is 3.60. The average Bonchev–Trinajstić information content (AvgIpc) is 2.96. The van der Waals surface area contributed by atoms with Crippen LogP contribution in [0.25, 0.3) is 22.6 Å². The molecule has 0 bridgehead atoms. The van der Waals surface area contributed by atoms with Gasteiger partial charge < -0.3 is 9.32 Å². The molecule has 0 spiro atoms. The molecule has 3 aromatic rings. The molecule has 4 nitrogen and oxygen atoms in total. The number of halogens is 3. The molecule has 1 aromatic heterocycles. The number of hydrogen-bond acceptors (Lipinski definition) is 3. The van der Waals surface area contributed by atoms with E-state index >= 15 is 0 Å². The summed E-state index contributed by atoms with van der Waals surface area (Å²) in [5.74, 6) is -1.58. The first kappa shape index (κ1) is 16.0. The predicted octanol–water partition coefficient (Wildman–Crippen LogP) is 4.33. The summed E-state index contributed by atoms with van der Waals surface area (Å²) in [6.45, 7) is 1.95. The van der Waals surface area contributed by atoms with Crippen LogP contribution in [0.5, 0.6) is 0 Å². The number of fused-ring (bicyclic) bond motifs is 1. The van der Waals surface area contributed by atoms with Crippen LogP contribution >= 0.6 is 0 Å². The van der Waals surface area contributed by atoms with E-state index in [4.69, 9.17) is 4.42 Å². The van der Waals surface area contributed by atoms with Crippen molar-refractivity contribution in [2.24, 2.45) is 0 Å². The van der Waals surface area contributed by atoms with E-state index in [2.05, 4.69) is 4.98 Å². The molecule has 0 aliphatic heterocycles. The number of alkyl halides is 3. The number of amides is 1. The third-order valence-electron chi connectivity index (χ3n) is 3.60. The number of oxazole rings is 1. The molecule has 24 heavy (non-hydrogen) atoms. The van der Waals surface area contributed by atoms with Crippen LogP contribution in [0.1, 0.15) is 5.56 Å². The molecule has 1 heterocycles. The first-order valence-electron chi connectivity index (χ1n) is 7.08. The Bertz CT molecular complexity index is 898. The van der Waals surface area contributed by atoms with Crippen LogP contribution in [0.4, 0.5) is 18.9 Å². The van der Waals surface area contributed by atoms with Gasteiger partial charge in [0.1, 0.15) is 5.52 Å². The van der Waals surface area contributed by atoms with Gasteiger partial charge in [0, 0.05) is 24.4 Å². The highest BCUT2D eigenvalue weighted by Crippen LogP contribution is 2.29. The Hall–Kier alpha value is -2.83. The molecule has 3 rings (SSSR count). The van der Waals surface area contributed by atoms with Crippen molar-refractivity contribution in [3.63, 3.8) is 0 Å². The molecule has 7 heteroatoms. The standard InChI is InChI=1S/C17H13F3N2O2/c1-10-3-5-11(6-4-10)15-21-13-8-7-12(9-14(13)24-15)22(2)16(23)17(18,19)20/h3-9H,1-2H3. The monoisotopic (exact) mass is 334 g/mol. The summed E-state index contributed by atoms with van der Waals surface area (Å²) in [7, 11) is 1.06. The van der Waals surface area contributed by atoms with Gasteiger partial charge in [0.25, 0.3) is 0 Å². The van der Waals surface area contributed by atoms with Crippen LogP contribution in [0.2, 0.25) is 0 Å². The maximum Gasteiger partial charge on any atom is 0.471 e. The fourth-order valence-electron chi connectivity index (χ4n) is 2.25. The summed E-state index contributed by atoms with van der Waals surface area (Å²) in [5, 5.41) is 0. The largest absolute Gasteiger partial charge is 0.471 e. The highest BCUT2D eigenvalue weighted by Gasteiger charge is 2.41. The lowest BCUT2D eigenvalue weighted by Crippen LogP contribution is -2.38. The Kier molecular flexibility index (Phi) is 3.79. The van der Waals surface area contributed by atoms with E-state index < -0.39 is 12.1 Å². The van der Waals surface area contributed by atoms with Gasteiger partial charge in [-0.15, -0.1) is 0 Å². The Morgan fingerprint density at radius 1 is 1.12 bits per heavy atom. The zero-order valence-electron chi connectivity index (χ0n) is 12.9. The third kappa shape index (κ3) is 2.97. The molecule has 0 saturated heterocycles. The zero-order chi connectivity index (χ0) is 17.5. The normalized spacial score (nSPS) is 11.7. The van der Waals surface area contributed by atoms with Crippen LogP contribution in [-0.2, 0) is 4.79 Å². The maximum atomic E-state index is 12.5. The molecule has 0 radical (unpaired) electrons. The molecule has 0 N–H and O–H groups in total. The number of anilines is 1. The maximum absolute atomic E-state index is 12.5. The summed E-state index contributed by atoms with van der Waals surface area (Å²) < 4.78 is 43.2. The van der Waals surface area contributed by atoms with Crippen LogP contribution in [0.3, 0.4) is 0 Å². The van der Waals surface area contributed by atoms with Gasteiger partial charge in [-0.05, 0) is 31.2 Å². The van der Waals surface area contributed by atoms with Gasteiger partial charge in [0.15, 0.2) is 5.58 Å². The van der Waals surface area contributed by atoms with Gasteiger partial charge in [-0.3, -0.25) is 4.79 Å². The van der Waals surface area contributed by atoms with E-state index in [1.807, 2.05) is 31.2 Å². The smallest absolute Gasteiger partial charge is 0.436 e. The van der Waals surface area contributed by atoms with E-state index in [0.717, 1.165) is 18.2 Å². The summed E-state index contributed by atoms with van der Waals surface area (Å²) in [5.41, 5.74) is 2.74. The molecule has 0 saturated carbocycles. The van der Waals surface area contributed by atoms with E-state index in [0.29, 0.717) is 21.9 Å². The molecule has 0 unspecified atom stereocenters. The fourth-order valence-corrected chi connectivity index (χ4v) is 2.25. The van der Waals surface area contributed by atoms with Gasteiger partial charge in [-0.25, -0.2) is 4.98 Å².